The van der Waals surface area contributed by atoms with Gasteiger partial charge >= 0.3 is 0 Å². The Morgan fingerprint density at radius 3 is 2.53 bits per heavy atom. The van der Waals surface area contributed by atoms with Crippen molar-refractivity contribution in [1.29, 1.82) is 0 Å². The topological polar surface area (TPSA) is 58.6 Å². The Morgan fingerprint density at radius 2 is 2.00 bits per heavy atom. The molecule has 1 heterocycles. The molecule has 1 N–H and O–H groups in total. The van der Waals surface area contributed by atoms with Crippen molar-refractivity contribution in [2.45, 2.75) is 13.3 Å². The molecule has 1 saturated carbocycles. The van der Waals surface area contributed by atoms with E-state index in [2.05, 4.69) is 11.6 Å². The maximum absolute atomic E-state index is 11.8. The maximum Gasteiger partial charge on any atom is 0.279 e. The summed E-state index contributed by atoms with van der Waals surface area (Å²) in [4.78, 5) is 0. The zero-order valence-corrected chi connectivity index (χ0v) is 9.79. The van der Waals surface area contributed by atoms with E-state index in [4.69, 9.17) is 4.74 Å². The summed E-state index contributed by atoms with van der Waals surface area (Å²) in [6.45, 7) is 4.67. The van der Waals surface area contributed by atoms with E-state index in [1.807, 2.05) is 0 Å². The van der Waals surface area contributed by atoms with Gasteiger partial charge in [0.2, 0.25) is 0 Å². The van der Waals surface area contributed by atoms with E-state index in [1.165, 1.54) is 4.31 Å². The highest BCUT2D eigenvalue weighted by atomic mass is 32.2. The summed E-state index contributed by atoms with van der Waals surface area (Å²) in [7, 11) is -3.26. The van der Waals surface area contributed by atoms with Gasteiger partial charge in [0.05, 0.1) is 13.2 Å². The van der Waals surface area contributed by atoms with E-state index in [9.17, 15) is 8.42 Å². The molecule has 0 unspecified atom stereocenters. The van der Waals surface area contributed by atoms with Crippen molar-refractivity contribution >= 4 is 10.2 Å². The second-order valence-electron chi connectivity index (χ2n) is 4.34. The number of nitrogens with zero attached hydrogens (tertiary/aromatic N) is 1. The number of hydrogen-bond donors (Lipinski definition) is 1. The molecule has 0 amide bonds. The van der Waals surface area contributed by atoms with Crippen LogP contribution in [-0.4, -0.2) is 45.6 Å². The van der Waals surface area contributed by atoms with Crippen LogP contribution in [0.15, 0.2) is 0 Å². The molecule has 2 fully saturated rings. The molecule has 1 aliphatic carbocycles. The molecular formula is C9H18N2O3S. The molecule has 0 spiro atoms. The predicted molar refractivity (Wildman–Crippen MR) is 56.6 cm³/mol. The third kappa shape index (κ3) is 2.90. The lowest BCUT2D eigenvalue weighted by Gasteiger charge is -2.26. The highest BCUT2D eigenvalue weighted by Crippen LogP contribution is 2.36. The molecule has 1 aliphatic heterocycles. The average Bonchev–Trinajstić information content (AvgIpc) is 2.93. The second-order valence-corrected chi connectivity index (χ2v) is 6.09. The Balaban J connectivity index is 1.82. The number of morpholine rings is 1. The summed E-state index contributed by atoms with van der Waals surface area (Å²) in [5.41, 5.74) is 0. The summed E-state index contributed by atoms with van der Waals surface area (Å²) < 4.78 is 32.8. The van der Waals surface area contributed by atoms with Crippen LogP contribution >= 0.6 is 0 Å². The number of rotatable bonds is 4. The van der Waals surface area contributed by atoms with Crippen LogP contribution in [0.3, 0.4) is 0 Å². The molecule has 0 aromatic heterocycles. The van der Waals surface area contributed by atoms with E-state index in [0.29, 0.717) is 44.7 Å². The molecule has 0 radical (unpaired) electrons. The predicted octanol–water partition coefficient (Wildman–Crippen LogP) is -0.191. The van der Waals surface area contributed by atoms with E-state index in [0.717, 1.165) is 6.42 Å². The third-order valence-electron chi connectivity index (χ3n) is 3.11. The minimum Gasteiger partial charge on any atom is -0.379 e. The van der Waals surface area contributed by atoms with Crippen LogP contribution in [0.25, 0.3) is 0 Å². The van der Waals surface area contributed by atoms with E-state index < -0.39 is 10.2 Å². The summed E-state index contributed by atoms with van der Waals surface area (Å²) >= 11 is 0. The largest absolute Gasteiger partial charge is 0.379 e. The fraction of sp³-hybridized carbons (Fsp3) is 1.00. The smallest absolute Gasteiger partial charge is 0.279 e. The first-order chi connectivity index (χ1) is 7.09. The normalized spacial score (nSPS) is 32.9. The summed E-state index contributed by atoms with van der Waals surface area (Å²) in [6, 6.07) is 0. The lowest BCUT2D eigenvalue weighted by Crippen LogP contribution is -2.47. The standard InChI is InChI=1S/C9H18N2O3S/c1-8-6-9(8)7-10-15(12,13)11-2-4-14-5-3-11/h8-10H,2-7H2,1H3/t8-,9+/m0/s1. The van der Waals surface area contributed by atoms with Crippen LogP contribution in [0, 0.1) is 11.8 Å². The molecule has 0 aromatic carbocycles. The van der Waals surface area contributed by atoms with Crippen LogP contribution in [-0.2, 0) is 14.9 Å². The van der Waals surface area contributed by atoms with E-state index >= 15 is 0 Å². The Bertz CT molecular complexity index is 311. The van der Waals surface area contributed by atoms with Gasteiger partial charge in [0.1, 0.15) is 0 Å². The molecule has 5 nitrogen and oxygen atoms in total. The van der Waals surface area contributed by atoms with Crippen LogP contribution in [0.4, 0.5) is 0 Å². The highest BCUT2D eigenvalue weighted by Gasteiger charge is 2.34. The summed E-state index contributed by atoms with van der Waals surface area (Å²) in [6.07, 6.45) is 1.14. The monoisotopic (exact) mass is 234 g/mol. The van der Waals surface area contributed by atoms with Crippen molar-refractivity contribution < 1.29 is 13.2 Å². The van der Waals surface area contributed by atoms with Crippen LogP contribution in [0.1, 0.15) is 13.3 Å². The molecule has 6 heteroatoms. The van der Waals surface area contributed by atoms with Crippen molar-refractivity contribution in [3.8, 4) is 0 Å². The second kappa shape index (κ2) is 4.37. The van der Waals surface area contributed by atoms with Crippen LogP contribution in [0.5, 0.6) is 0 Å². The van der Waals surface area contributed by atoms with Gasteiger partial charge in [-0.05, 0) is 18.3 Å². The molecule has 0 aromatic rings. The fourth-order valence-corrected chi connectivity index (χ4v) is 3.01. The molecule has 15 heavy (non-hydrogen) atoms. The Kier molecular flexibility index (Phi) is 3.30. The molecule has 2 rings (SSSR count). The van der Waals surface area contributed by atoms with Gasteiger partial charge < -0.3 is 4.74 Å². The Labute approximate surface area is 91.0 Å². The first-order valence-electron chi connectivity index (χ1n) is 5.42. The Hall–Kier alpha value is -0.170. The first kappa shape index (κ1) is 11.3. The number of nitrogens with one attached hydrogen (secondary N) is 1. The number of hydrogen-bond acceptors (Lipinski definition) is 3. The van der Waals surface area contributed by atoms with Gasteiger partial charge in [0.25, 0.3) is 10.2 Å². The Morgan fingerprint density at radius 1 is 1.40 bits per heavy atom. The zero-order chi connectivity index (χ0) is 10.9. The van der Waals surface area contributed by atoms with Crippen molar-refractivity contribution in [1.82, 2.24) is 9.03 Å². The molecule has 1 saturated heterocycles. The van der Waals surface area contributed by atoms with Crippen LogP contribution < -0.4 is 4.72 Å². The van der Waals surface area contributed by atoms with E-state index in [1.54, 1.807) is 0 Å². The molecule has 0 bridgehead atoms. The van der Waals surface area contributed by atoms with Crippen molar-refractivity contribution in [2.24, 2.45) is 11.8 Å². The zero-order valence-electron chi connectivity index (χ0n) is 8.98. The van der Waals surface area contributed by atoms with Gasteiger partial charge in [-0.3, -0.25) is 0 Å². The third-order valence-corrected chi connectivity index (χ3v) is 4.69. The van der Waals surface area contributed by atoms with Gasteiger partial charge in [-0.15, -0.1) is 0 Å². The van der Waals surface area contributed by atoms with Crippen molar-refractivity contribution in [2.75, 3.05) is 32.8 Å². The highest BCUT2D eigenvalue weighted by molar-refractivity contribution is 7.87. The summed E-state index contributed by atoms with van der Waals surface area (Å²) in [5.74, 6) is 1.22. The van der Waals surface area contributed by atoms with Crippen molar-refractivity contribution in [3.05, 3.63) is 0 Å². The number of ether oxygens (including phenoxy) is 1. The lowest BCUT2D eigenvalue weighted by atomic mass is 10.3. The first-order valence-corrected chi connectivity index (χ1v) is 6.86. The van der Waals surface area contributed by atoms with Gasteiger partial charge in [-0.1, -0.05) is 6.92 Å². The minimum absolute atomic E-state index is 0.468. The van der Waals surface area contributed by atoms with E-state index in [-0.39, 0.29) is 0 Å². The molecular weight excluding hydrogens is 216 g/mol. The van der Waals surface area contributed by atoms with Gasteiger partial charge in [-0.2, -0.15) is 12.7 Å². The molecule has 88 valence electrons. The maximum atomic E-state index is 11.8. The van der Waals surface area contributed by atoms with Crippen LogP contribution in [0.2, 0.25) is 0 Å². The van der Waals surface area contributed by atoms with Crippen molar-refractivity contribution in [3.63, 3.8) is 0 Å². The van der Waals surface area contributed by atoms with Gasteiger partial charge in [0, 0.05) is 19.6 Å². The molecule has 2 atom stereocenters. The SMILES string of the molecule is C[C@H]1C[C@@H]1CNS(=O)(=O)N1CCOCC1. The van der Waals surface area contributed by atoms with Gasteiger partial charge in [0.15, 0.2) is 0 Å². The minimum atomic E-state index is -3.26. The summed E-state index contributed by atoms with van der Waals surface area (Å²) in [5, 5.41) is 0. The molecule has 2 aliphatic rings. The lowest BCUT2D eigenvalue weighted by molar-refractivity contribution is 0.0725. The average molecular weight is 234 g/mol. The fourth-order valence-electron chi connectivity index (χ4n) is 1.77. The van der Waals surface area contributed by atoms with Gasteiger partial charge in [-0.25, -0.2) is 4.72 Å². The quantitative estimate of drug-likeness (QED) is 0.733.